The lowest BCUT2D eigenvalue weighted by Gasteiger charge is -2.38. The van der Waals surface area contributed by atoms with Crippen molar-refractivity contribution in [2.24, 2.45) is 0 Å². The van der Waals surface area contributed by atoms with Crippen molar-refractivity contribution >= 4 is 11.7 Å². The molecule has 0 saturated carbocycles. The molecule has 1 atom stereocenters. The van der Waals surface area contributed by atoms with Gasteiger partial charge in [0, 0.05) is 37.9 Å². The Bertz CT molecular complexity index is 759. The average Bonchev–Trinajstić information content (AvgIpc) is 2.68. The van der Waals surface area contributed by atoms with Crippen LogP contribution >= 0.6 is 0 Å². The van der Waals surface area contributed by atoms with Crippen LogP contribution in [0.1, 0.15) is 44.9 Å². The van der Waals surface area contributed by atoms with Crippen molar-refractivity contribution in [2.45, 2.75) is 39.2 Å². The van der Waals surface area contributed by atoms with E-state index in [0.717, 1.165) is 37.4 Å². The molecule has 4 heteroatoms. The first-order valence-corrected chi connectivity index (χ1v) is 9.80. The van der Waals surface area contributed by atoms with Crippen molar-refractivity contribution in [2.75, 3.05) is 31.5 Å². The van der Waals surface area contributed by atoms with Gasteiger partial charge in [-0.1, -0.05) is 69.3 Å². The number of hydrogen-bond donors (Lipinski definition) is 1. The van der Waals surface area contributed by atoms with Crippen LogP contribution in [0.25, 0.3) is 0 Å². The third-order valence-electron chi connectivity index (χ3n) is 5.41. The molecule has 1 aliphatic rings. The number of para-hydroxylation sites is 1. The Morgan fingerprint density at radius 3 is 2.15 bits per heavy atom. The lowest BCUT2D eigenvalue weighted by Crippen LogP contribution is -2.50. The molecule has 27 heavy (non-hydrogen) atoms. The van der Waals surface area contributed by atoms with Gasteiger partial charge in [0.1, 0.15) is 0 Å². The van der Waals surface area contributed by atoms with Crippen molar-refractivity contribution in [3.63, 3.8) is 0 Å². The molecule has 0 spiro atoms. The second kappa shape index (κ2) is 8.13. The van der Waals surface area contributed by atoms with Gasteiger partial charge in [-0.05, 0) is 29.5 Å². The normalized spacial score (nSPS) is 16.8. The van der Waals surface area contributed by atoms with Gasteiger partial charge in [0.15, 0.2) is 0 Å². The molecule has 2 aromatic carbocycles. The highest BCUT2D eigenvalue weighted by Crippen LogP contribution is 2.29. The van der Waals surface area contributed by atoms with Gasteiger partial charge in [-0.2, -0.15) is 0 Å². The molecule has 1 fully saturated rings. The Morgan fingerprint density at radius 2 is 1.52 bits per heavy atom. The number of piperazine rings is 1. The Morgan fingerprint density at radius 1 is 0.926 bits per heavy atom. The van der Waals surface area contributed by atoms with E-state index in [1.807, 2.05) is 29.2 Å². The summed E-state index contributed by atoms with van der Waals surface area (Å²) in [4.78, 5) is 17.2. The number of hydrogen-bond acceptors (Lipinski definition) is 2. The highest BCUT2D eigenvalue weighted by atomic mass is 16.2. The minimum atomic E-state index is -0.00626. The molecule has 0 aliphatic carbocycles. The highest BCUT2D eigenvalue weighted by molar-refractivity contribution is 5.90. The van der Waals surface area contributed by atoms with E-state index >= 15 is 0 Å². The van der Waals surface area contributed by atoms with E-state index in [-0.39, 0.29) is 11.4 Å². The summed E-state index contributed by atoms with van der Waals surface area (Å²) >= 11 is 0. The van der Waals surface area contributed by atoms with Crippen LogP contribution in [-0.4, -0.2) is 42.0 Å². The molecule has 0 radical (unpaired) electrons. The molecule has 1 unspecified atom stereocenters. The highest BCUT2D eigenvalue weighted by Gasteiger charge is 2.26. The second-order valence-electron chi connectivity index (χ2n) is 8.34. The van der Waals surface area contributed by atoms with Crippen LogP contribution in [0, 0.1) is 0 Å². The summed E-state index contributed by atoms with van der Waals surface area (Å²) in [6.07, 6.45) is 0. The molecule has 4 nitrogen and oxygen atoms in total. The van der Waals surface area contributed by atoms with Crippen LogP contribution in [0.15, 0.2) is 54.6 Å². The van der Waals surface area contributed by atoms with Crippen LogP contribution in [0.3, 0.4) is 0 Å². The van der Waals surface area contributed by atoms with Gasteiger partial charge in [0.25, 0.3) is 0 Å². The van der Waals surface area contributed by atoms with E-state index < -0.39 is 0 Å². The molecule has 0 aromatic heterocycles. The van der Waals surface area contributed by atoms with E-state index in [1.165, 1.54) is 5.56 Å². The molecule has 1 N–H and O–H groups in total. The van der Waals surface area contributed by atoms with Crippen molar-refractivity contribution in [1.82, 2.24) is 9.80 Å². The summed E-state index contributed by atoms with van der Waals surface area (Å²) < 4.78 is 0. The number of amides is 2. The molecule has 0 bridgehead atoms. The van der Waals surface area contributed by atoms with Crippen LogP contribution in [0.2, 0.25) is 0 Å². The third kappa shape index (κ3) is 4.69. The average molecular weight is 366 g/mol. The molecule has 1 heterocycles. The number of carbonyl (C=O) groups excluding carboxylic acids is 1. The van der Waals surface area contributed by atoms with Crippen LogP contribution in [-0.2, 0) is 5.41 Å². The Hall–Kier alpha value is -2.33. The Labute approximate surface area is 163 Å². The minimum Gasteiger partial charge on any atom is -0.322 e. The Balaban J connectivity index is 1.60. The molecule has 2 aromatic rings. The maximum absolute atomic E-state index is 12.8. The van der Waals surface area contributed by atoms with Crippen LogP contribution in [0.5, 0.6) is 0 Å². The lowest BCUT2D eigenvalue weighted by atomic mass is 9.86. The molecule has 1 aliphatic heterocycles. The predicted octanol–water partition coefficient (Wildman–Crippen LogP) is 4.89. The fraction of sp³-hybridized carbons (Fsp3) is 0.435. The summed E-state index contributed by atoms with van der Waals surface area (Å²) in [5.74, 6) is 0. The second-order valence-corrected chi connectivity index (χ2v) is 8.34. The number of nitrogens with one attached hydrogen (secondary N) is 1. The first-order chi connectivity index (χ1) is 12.9. The van der Waals surface area contributed by atoms with E-state index in [0.29, 0.717) is 6.04 Å². The monoisotopic (exact) mass is 365 g/mol. The van der Waals surface area contributed by atoms with Gasteiger partial charge in [-0.3, -0.25) is 4.90 Å². The third-order valence-corrected chi connectivity index (χ3v) is 5.41. The van der Waals surface area contributed by atoms with Crippen molar-refractivity contribution in [1.29, 1.82) is 0 Å². The van der Waals surface area contributed by atoms with Crippen LogP contribution < -0.4 is 5.32 Å². The number of nitrogens with zero attached hydrogens (tertiary/aromatic N) is 2. The van der Waals surface area contributed by atoms with Gasteiger partial charge in [0.05, 0.1) is 0 Å². The molecule has 3 rings (SSSR count). The molecular formula is C23H31N3O. The van der Waals surface area contributed by atoms with E-state index in [2.05, 4.69) is 68.2 Å². The molecule has 144 valence electrons. The topological polar surface area (TPSA) is 35.6 Å². The molecule has 1 saturated heterocycles. The van der Waals surface area contributed by atoms with Gasteiger partial charge in [-0.15, -0.1) is 0 Å². The van der Waals surface area contributed by atoms with Gasteiger partial charge in [0.2, 0.25) is 0 Å². The van der Waals surface area contributed by atoms with Gasteiger partial charge >= 0.3 is 6.03 Å². The van der Waals surface area contributed by atoms with E-state index in [4.69, 9.17) is 0 Å². The SMILES string of the molecule is CC(c1ccccc1)N1CCN(C(=O)Nc2ccccc2C(C)(C)C)CC1. The van der Waals surface area contributed by atoms with Gasteiger partial charge in [-0.25, -0.2) is 4.79 Å². The first kappa shape index (κ1) is 19.4. The van der Waals surface area contributed by atoms with Crippen molar-refractivity contribution < 1.29 is 4.79 Å². The number of anilines is 1. The van der Waals surface area contributed by atoms with E-state index in [1.54, 1.807) is 0 Å². The summed E-state index contributed by atoms with van der Waals surface area (Å²) in [6, 6.07) is 19.0. The summed E-state index contributed by atoms with van der Waals surface area (Å²) in [7, 11) is 0. The molecular weight excluding hydrogens is 334 g/mol. The standard InChI is InChI=1S/C23H31N3O/c1-18(19-10-6-5-7-11-19)25-14-16-26(17-15-25)22(27)24-21-13-9-8-12-20(21)23(2,3)4/h5-13,18H,14-17H2,1-4H3,(H,24,27). The smallest absolute Gasteiger partial charge is 0.321 e. The number of benzene rings is 2. The predicted molar refractivity (Wildman–Crippen MR) is 112 cm³/mol. The first-order valence-electron chi connectivity index (χ1n) is 9.80. The van der Waals surface area contributed by atoms with E-state index in [9.17, 15) is 4.79 Å². The minimum absolute atomic E-state index is 0.00119. The summed E-state index contributed by atoms with van der Waals surface area (Å²) in [5, 5.41) is 3.13. The quantitative estimate of drug-likeness (QED) is 0.840. The fourth-order valence-corrected chi connectivity index (χ4v) is 3.70. The van der Waals surface area contributed by atoms with Crippen molar-refractivity contribution in [3.05, 3.63) is 65.7 Å². The summed E-state index contributed by atoms with van der Waals surface area (Å²) in [6.45, 7) is 12.0. The number of carbonyl (C=O) groups is 1. The zero-order valence-corrected chi connectivity index (χ0v) is 16.9. The maximum Gasteiger partial charge on any atom is 0.321 e. The number of rotatable bonds is 3. The fourth-order valence-electron chi connectivity index (χ4n) is 3.70. The zero-order chi connectivity index (χ0) is 19.4. The number of urea groups is 1. The Kier molecular flexibility index (Phi) is 5.85. The zero-order valence-electron chi connectivity index (χ0n) is 16.9. The van der Waals surface area contributed by atoms with Gasteiger partial charge < -0.3 is 10.2 Å². The summed E-state index contributed by atoms with van der Waals surface area (Å²) in [5.41, 5.74) is 3.40. The molecule has 2 amide bonds. The largest absolute Gasteiger partial charge is 0.322 e. The van der Waals surface area contributed by atoms with Crippen molar-refractivity contribution in [3.8, 4) is 0 Å². The van der Waals surface area contributed by atoms with Crippen LogP contribution in [0.4, 0.5) is 10.5 Å². The lowest BCUT2D eigenvalue weighted by molar-refractivity contribution is 0.119. The maximum atomic E-state index is 12.8.